The Bertz CT molecular complexity index is 594. The SMILES string of the molecule is CC(=O)Oc1cc(N)ccc1-c1ccccc1N. The minimum atomic E-state index is -0.392. The highest BCUT2D eigenvalue weighted by molar-refractivity contribution is 5.83. The van der Waals surface area contributed by atoms with Crippen LogP contribution < -0.4 is 16.2 Å². The number of carbonyl (C=O) groups excluding carboxylic acids is 1. The summed E-state index contributed by atoms with van der Waals surface area (Å²) in [6.07, 6.45) is 0. The second kappa shape index (κ2) is 4.79. The smallest absolute Gasteiger partial charge is 0.308 e. The van der Waals surface area contributed by atoms with Crippen molar-refractivity contribution in [3.63, 3.8) is 0 Å². The van der Waals surface area contributed by atoms with E-state index in [1.165, 1.54) is 6.92 Å². The highest BCUT2D eigenvalue weighted by Crippen LogP contribution is 2.35. The molecule has 0 bridgehead atoms. The van der Waals surface area contributed by atoms with Crippen LogP contribution in [0.15, 0.2) is 42.5 Å². The maximum Gasteiger partial charge on any atom is 0.308 e. The molecule has 2 aromatic rings. The van der Waals surface area contributed by atoms with Crippen molar-refractivity contribution >= 4 is 17.3 Å². The topological polar surface area (TPSA) is 78.3 Å². The molecule has 4 N–H and O–H groups in total. The second-order valence-electron chi connectivity index (χ2n) is 3.94. The number of ether oxygens (including phenoxy) is 1. The van der Waals surface area contributed by atoms with E-state index in [2.05, 4.69) is 0 Å². The number of anilines is 2. The molecule has 92 valence electrons. The summed E-state index contributed by atoms with van der Waals surface area (Å²) in [7, 11) is 0. The number of nitrogen functional groups attached to an aromatic ring is 2. The quantitative estimate of drug-likeness (QED) is 0.481. The van der Waals surface area contributed by atoms with Crippen molar-refractivity contribution in [1.29, 1.82) is 0 Å². The van der Waals surface area contributed by atoms with E-state index in [1.54, 1.807) is 24.3 Å². The molecule has 0 atom stereocenters. The van der Waals surface area contributed by atoms with Gasteiger partial charge in [0.05, 0.1) is 0 Å². The summed E-state index contributed by atoms with van der Waals surface area (Å²) in [5, 5.41) is 0. The average molecular weight is 242 g/mol. The van der Waals surface area contributed by atoms with Crippen LogP contribution in [0.25, 0.3) is 11.1 Å². The van der Waals surface area contributed by atoms with Gasteiger partial charge in [-0.15, -0.1) is 0 Å². The van der Waals surface area contributed by atoms with Gasteiger partial charge in [0.1, 0.15) is 5.75 Å². The van der Waals surface area contributed by atoms with E-state index in [0.29, 0.717) is 17.1 Å². The van der Waals surface area contributed by atoms with Gasteiger partial charge in [-0.25, -0.2) is 0 Å². The monoisotopic (exact) mass is 242 g/mol. The Morgan fingerprint density at radius 2 is 1.78 bits per heavy atom. The van der Waals surface area contributed by atoms with Gasteiger partial charge in [0.25, 0.3) is 0 Å². The number of rotatable bonds is 2. The molecule has 4 nitrogen and oxygen atoms in total. The van der Waals surface area contributed by atoms with Gasteiger partial charge in [0.2, 0.25) is 0 Å². The predicted molar refractivity (Wildman–Crippen MR) is 72.0 cm³/mol. The number of nitrogens with two attached hydrogens (primary N) is 2. The lowest BCUT2D eigenvalue weighted by molar-refractivity contribution is -0.131. The fourth-order valence-corrected chi connectivity index (χ4v) is 1.74. The molecular weight excluding hydrogens is 228 g/mol. The van der Waals surface area contributed by atoms with Crippen LogP contribution in [0.4, 0.5) is 11.4 Å². The molecule has 2 rings (SSSR count). The molecule has 0 heterocycles. The lowest BCUT2D eigenvalue weighted by Gasteiger charge is -2.11. The molecule has 4 heteroatoms. The zero-order chi connectivity index (χ0) is 13.1. The normalized spacial score (nSPS) is 10.1. The summed E-state index contributed by atoms with van der Waals surface area (Å²) < 4.78 is 5.16. The average Bonchev–Trinajstić information content (AvgIpc) is 2.30. The van der Waals surface area contributed by atoms with Gasteiger partial charge in [-0.3, -0.25) is 4.79 Å². The summed E-state index contributed by atoms with van der Waals surface area (Å²) in [5.74, 6) is 0.0248. The molecule has 0 unspecified atom stereocenters. The Morgan fingerprint density at radius 1 is 1.06 bits per heavy atom. The van der Waals surface area contributed by atoms with Crippen LogP contribution in [0, 0.1) is 0 Å². The lowest BCUT2D eigenvalue weighted by Crippen LogP contribution is -2.04. The van der Waals surface area contributed by atoms with E-state index in [9.17, 15) is 4.79 Å². The largest absolute Gasteiger partial charge is 0.426 e. The molecular formula is C14H14N2O2. The Labute approximate surface area is 105 Å². The van der Waals surface area contributed by atoms with Crippen molar-refractivity contribution in [2.75, 3.05) is 11.5 Å². The maximum atomic E-state index is 11.1. The van der Waals surface area contributed by atoms with Crippen LogP contribution in [0.5, 0.6) is 5.75 Å². The lowest BCUT2D eigenvalue weighted by atomic mass is 10.0. The van der Waals surface area contributed by atoms with Crippen LogP contribution in [-0.2, 0) is 4.79 Å². The van der Waals surface area contributed by atoms with Gasteiger partial charge >= 0.3 is 5.97 Å². The van der Waals surface area contributed by atoms with E-state index >= 15 is 0 Å². The Morgan fingerprint density at radius 3 is 2.44 bits per heavy atom. The zero-order valence-electron chi connectivity index (χ0n) is 10.0. The van der Waals surface area contributed by atoms with Crippen molar-refractivity contribution in [3.05, 3.63) is 42.5 Å². The highest BCUT2D eigenvalue weighted by atomic mass is 16.5. The second-order valence-corrected chi connectivity index (χ2v) is 3.94. The number of benzene rings is 2. The van der Waals surface area contributed by atoms with Crippen LogP contribution in [-0.4, -0.2) is 5.97 Å². The fourth-order valence-electron chi connectivity index (χ4n) is 1.74. The molecule has 0 aliphatic rings. The molecule has 0 aromatic heterocycles. The molecule has 0 radical (unpaired) electrons. The molecule has 18 heavy (non-hydrogen) atoms. The Kier molecular flexibility index (Phi) is 3.19. The Balaban J connectivity index is 2.57. The standard InChI is InChI=1S/C14H14N2O2/c1-9(17)18-14-8-10(15)6-7-12(14)11-4-2-3-5-13(11)16/h2-8H,15-16H2,1H3. The van der Waals surface area contributed by atoms with E-state index in [0.717, 1.165) is 11.1 Å². The third kappa shape index (κ3) is 2.43. The molecule has 0 aliphatic carbocycles. The molecule has 0 fully saturated rings. The van der Waals surface area contributed by atoms with Crippen LogP contribution in [0.3, 0.4) is 0 Å². The molecule has 2 aromatic carbocycles. The first-order valence-corrected chi connectivity index (χ1v) is 5.51. The van der Waals surface area contributed by atoms with Gasteiger partial charge in [0, 0.05) is 35.5 Å². The van der Waals surface area contributed by atoms with Crippen LogP contribution >= 0.6 is 0 Å². The third-order valence-electron chi connectivity index (χ3n) is 2.51. The number of hydrogen-bond acceptors (Lipinski definition) is 4. The van der Waals surface area contributed by atoms with Gasteiger partial charge in [-0.2, -0.15) is 0 Å². The molecule has 0 saturated carbocycles. The van der Waals surface area contributed by atoms with Crippen molar-refractivity contribution in [2.24, 2.45) is 0 Å². The first-order chi connectivity index (χ1) is 8.58. The number of carbonyl (C=O) groups is 1. The minimum absolute atomic E-state index is 0.392. The van der Waals surface area contributed by atoms with Crippen LogP contribution in [0.2, 0.25) is 0 Å². The summed E-state index contributed by atoms with van der Waals surface area (Å²) >= 11 is 0. The zero-order valence-corrected chi connectivity index (χ0v) is 10.0. The molecule has 0 spiro atoms. The van der Waals surface area contributed by atoms with Crippen molar-refractivity contribution < 1.29 is 9.53 Å². The fraction of sp³-hybridized carbons (Fsp3) is 0.0714. The van der Waals surface area contributed by atoms with E-state index < -0.39 is 5.97 Å². The first-order valence-electron chi connectivity index (χ1n) is 5.51. The van der Waals surface area contributed by atoms with Gasteiger partial charge in [-0.05, 0) is 18.2 Å². The predicted octanol–water partition coefficient (Wildman–Crippen LogP) is 2.44. The van der Waals surface area contributed by atoms with E-state index in [1.807, 2.05) is 18.2 Å². The first kappa shape index (κ1) is 12.0. The third-order valence-corrected chi connectivity index (χ3v) is 2.51. The van der Waals surface area contributed by atoms with Crippen molar-refractivity contribution in [2.45, 2.75) is 6.92 Å². The summed E-state index contributed by atoms with van der Waals surface area (Å²) in [4.78, 5) is 11.1. The maximum absolute atomic E-state index is 11.1. The number of hydrogen-bond donors (Lipinski definition) is 2. The summed E-state index contributed by atoms with van der Waals surface area (Å²) in [5.41, 5.74) is 14.3. The molecule has 0 amide bonds. The number of para-hydroxylation sites is 1. The van der Waals surface area contributed by atoms with Gasteiger partial charge < -0.3 is 16.2 Å². The summed E-state index contributed by atoms with van der Waals surface area (Å²) in [6, 6.07) is 12.5. The van der Waals surface area contributed by atoms with E-state index in [4.69, 9.17) is 16.2 Å². The molecule has 0 saturated heterocycles. The summed E-state index contributed by atoms with van der Waals surface area (Å²) in [6.45, 7) is 1.35. The van der Waals surface area contributed by atoms with Gasteiger partial charge in [0.15, 0.2) is 0 Å². The van der Waals surface area contributed by atoms with E-state index in [-0.39, 0.29) is 0 Å². The minimum Gasteiger partial charge on any atom is -0.426 e. The van der Waals surface area contributed by atoms with Crippen molar-refractivity contribution in [3.8, 4) is 16.9 Å². The van der Waals surface area contributed by atoms with Gasteiger partial charge in [-0.1, -0.05) is 18.2 Å². The van der Waals surface area contributed by atoms with Crippen molar-refractivity contribution in [1.82, 2.24) is 0 Å². The Hall–Kier alpha value is -2.49. The highest BCUT2D eigenvalue weighted by Gasteiger charge is 2.11. The number of esters is 1. The van der Waals surface area contributed by atoms with Crippen LogP contribution in [0.1, 0.15) is 6.92 Å². The molecule has 0 aliphatic heterocycles.